The molecule has 0 aromatic carbocycles. The molecule has 0 aliphatic rings. The highest BCUT2D eigenvalue weighted by atomic mass is 31.2. The molecule has 0 spiro atoms. The van der Waals surface area contributed by atoms with E-state index in [1.54, 1.807) is 0 Å². The molecule has 0 aliphatic heterocycles. The van der Waals surface area contributed by atoms with Gasteiger partial charge in [0.15, 0.2) is 6.10 Å². The first kappa shape index (κ1) is 53.4. The summed E-state index contributed by atoms with van der Waals surface area (Å²) in [4.78, 5) is 34.9. The standard InChI is InChI=1S/C43H82NO10P/c1-3-5-7-9-11-12-13-14-15-16-17-18-19-20-21-25-30-34-43(48)54-39(38-53-55(49,50)52-36-35-44)37-51-42(47)33-29-26-22-24-28-32-41(46)40(45)31-27-23-10-8-6-4-2/h14-15,23,27,39-41,45-46H,3-13,16-22,24-26,28-38,44H2,1-2H3,(H,49,50)/b15-14-,27-23-/t39-,40-,41-/m1/s1. The van der Waals surface area contributed by atoms with Gasteiger partial charge in [-0.1, -0.05) is 141 Å². The fourth-order valence-corrected chi connectivity index (χ4v) is 6.83. The Morgan fingerprint density at radius 2 is 1.07 bits per heavy atom. The maximum atomic E-state index is 12.6. The van der Waals surface area contributed by atoms with Crippen molar-refractivity contribution in [1.29, 1.82) is 0 Å². The molecule has 0 fully saturated rings. The number of phosphoric acid groups is 1. The zero-order valence-electron chi connectivity index (χ0n) is 34.9. The molecular formula is C43H82NO10P. The first-order chi connectivity index (χ1) is 26.6. The number of allylic oxidation sites excluding steroid dienone is 3. The number of hydrogen-bond acceptors (Lipinski definition) is 10. The van der Waals surface area contributed by atoms with Crippen LogP contribution in [0.3, 0.4) is 0 Å². The maximum Gasteiger partial charge on any atom is 0.472 e. The van der Waals surface area contributed by atoms with Crippen LogP contribution in [0.15, 0.2) is 24.3 Å². The van der Waals surface area contributed by atoms with Crippen LogP contribution in [0.5, 0.6) is 0 Å². The smallest absolute Gasteiger partial charge is 0.462 e. The molecule has 0 rings (SSSR count). The van der Waals surface area contributed by atoms with E-state index in [0.29, 0.717) is 25.7 Å². The maximum absolute atomic E-state index is 12.6. The van der Waals surface area contributed by atoms with Gasteiger partial charge in [0.1, 0.15) is 6.61 Å². The molecule has 0 aliphatic carbocycles. The summed E-state index contributed by atoms with van der Waals surface area (Å²) in [6, 6.07) is 0. The molecule has 0 saturated heterocycles. The van der Waals surface area contributed by atoms with E-state index in [9.17, 15) is 29.3 Å². The SMILES string of the molecule is CCCCC/C=C\C[C@@H](O)[C@H](O)CCCCCCCC(=O)OC[C@H](COP(=O)(O)OCCN)OC(=O)CCCCCCCCC/C=C\CCCCCCCC. The number of esters is 2. The van der Waals surface area contributed by atoms with Gasteiger partial charge in [-0.15, -0.1) is 0 Å². The van der Waals surface area contributed by atoms with E-state index in [1.165, 1.54) is 77.0 Å². The van der Waals surface area contributed by atoms with Crippen molar-refractivity contribution in [2.24, 2.45) is 5.73 Å². The molecular weight excluding hydrogens is 721 g/mol. The van der Waals surface area contributed by atoms with Crippen LogP contribution in [-0.2, 0) is 32.7 Å². The van der Waals surface area contributed by atoms with E-state index in [1.807, 2.05) is 6.08 Å². The van der Waals surface area contributed by atoms with Gasteiger partial charge in [0.05, 0.1) is 25.4 Å². The Morgan fingerprint density at radius 1 is 0.600 bits per heavy atom. The Hall–Kier alpha value is -1.59. The molecule has 0 aromatic rings. The second-order valence-electron chi connectivity index (χ2n) is 14.9. The average molecular weight is 804 g/mol. The Bertz CT molecular complexity index is 995. The van der Waals surface area contributed by atoms with Crippen LogP contribution in [0, 0.1) is 0 Å². The van der Waals surface area contributed by atoms with Gasteiger partial charge >= 0.3 is 19.8 Å². The van der Waals surface area contributed by atoms with Crippen LogP contribution in [0.25, 0.3) is 0 Å². The molecule has 12 heteroatoms. The number of rotatable bonds is 41. The van der Waals surface area contributed by atoms with Gasteiger partial charge in [-0.05, 0) is 64.2 Å². The third kappa shape index (κ3) is 37.7. The summed E-state index contributed by atoms with van der Waals surface area (Å²) in [7, 11) is -4.41. The zero-order chi connectivity index (χ0) is 40.7. The average Bonchev–Trinajstić information content (AvgIpc) is 3.17. The summed E-state index contributed by atoms with van der Waals surface area (Å²) < 4.78 is 32.7. The number of unbranched alkanes of at least 4 members (excludes halogenated alkanes) is 20. The summed E-state index contributed by atoms with van der Waals surface area (Å²) in [5, 5.41) is 20.4. The van der Waals surface area contributed by atoms with Crippen molar-refractivity contribution < 1.29 is 47.8 Å². The molecule has 5 N–H and O–H groups in total. The highest BCUT2D eigenvalue weighted by Crippen LogP contribution is 2.43. The van der Waals surface area contributed by atoms with Crippen LogP contribution in [0.2, 0.25) is 0 Å². The minimum absolute atomic E-state index is 0.0306. The molecule has 4 atom stereocenters. The van der Waals surface area contributed by atoms with Gasteiger partial charge in [-0.25, -0.2) is 4.57 Å². The van der Waals surface area contributed by atoms with Crippen molar-refractivity contribution in [3.8, 4) is 0 Å². The minimum Gasteiger partial charge on any atom is -0.462 e. The van der Waals surface area contributed by atoms with Gasteiger partial charge in [-0.2, -0.15) is 0 Å². The van der Waals surface area contributed by atoms with E-state index in [2.05, 4.69) is 32.1 Å². The number of aliphatic hydroxyl groups is 2. The number of carbonyl (C=O) groups is 2. The second kappa shape index (κ2) is 39.2. The summed E-state index contributed by atoms with van der Waals surface area (Å²) in [5.41, 5.74) is 5.34. The Kier molecular flexibility index (Phi) is 38.1. The molecule has 0 saturated carbocycles. The topological polar surface area (TPSA) is 175 Å². The van der Waals surface area contributed by atoms with Gasteiger partial charge < -0.3 is 30.3 Å². The molecule has 55 heavy (non-hydrogen) atoms. The van der Waals surface area contributed by atoms with E-state index >= 15 is 0 Å². The lowest BCUT2D eigenvalue weighted by molar-refractivity contribution is -0.161. The number of nitrogens with two attached hydrogens (primary N) is 1. The molecule has 1 unspecified atom stereocenters. The summed E-state index contributed by atoms with van der Waals surface area (Å²) in [5.74, 6) is -0.942. The quantitative estimate of drug-likeness (QED) is 0.0200. The van der Waals surface area contributed by atoms with E-state index < -0.39 is 44.7 Å². The van der Waals surface area contributed by atoms with Crippen LogP contribution in [0.4, 0.5) is 0 Å². The lowest BCUT2D eigenvalue weighted by Crippen LogP contribution is -2.29. The summed E-state index contributed by atoms with van der Waals surface area (Å²) in [6.45, 7) is 3.49. The number of hydrogen-bond donors (Lipinski definition) is 4. The number of carbonyl (C=O) groups excluding carboxylic acids is 2. The third-order valence-corrected chi connectivity index (χ3v) is 10.5. The predicted octanol–water partition coefficient (Wildman–Crippen LogP) is 10.3. The van der Waals surface area contributed by atoms with Crippen LogP contribution >= 0.6 is 7.82 Å². The second-order valence-corrected chi connectivity index (χ2v) is 16.3. The molecule has 0 bridgehead atoms. The van der Waals surface area contributed by atoms with E-state index in [4.69, 9.17) is 24.3 Å². The Labute approximate surface area is 335 Å². The number of phosphoric ester groups is 1. The van der Waals surface area contributed by atoms with Gasteiger partial charge in [0.2, 0.25) is 0 Å². The molecule has 11 nitrogen and oxygen atoms in total. The van der Waals surface area contributed by atoms with Crippen molar-refractivity contribution in [1.82, 2.24) is 0 Å². The lowest BCUT2D eigenvalue weighted by atomic mass is 10.0. The first-order valence-electron chi connectivity index (χ1n) is 22.0. The van der Waals surface area contributed by atoms with Crippen molar-refractivity contribution in [3.05, 3.63) is 24.3 Å². The van der Waals surface area contributed by atoms with E-state index in [-0.39, 0.29) is 32.6 Å². The number of aliphatic hydroxyl groups excluding tert-OH is 2. The Balaban J connectivity index is 4.26. The highest BCUT2D eigenvalue weighted by Gasteiger charge is 2.26. The molecule has 0 radical (unpaired) electrons. The van der Waals surface area contributed by atoms with Crippen LogP contribution in [-0.4, -0.2) is 71.7 Å². The molecule has 324 valence electrons. The highest BCUT2D eigenvalue weighted by molar-refractivity contribution is 7.47. The van der Waals surface area contributed by atoms with Crippen molar-refractivity contribution in [2.45, 2.75) is 212 Å². The van der Waals surface area contributed by atoms with Crippen molar-refractivity contribution in [3.63, 3.8) is 0 Å². The van der Waals surface area contributed by atoms with Crippen LogP contribution in [0.1, 0.15) is 194 Å². The van der Waals surface area contributed by atoms with Crippen molar-refractivity contribution >= 4 is 19.8 Å². The predicted molar refractivity (Wildman–Crippen MR) is 223 cm³/mol. The normalized spacial score (nSPS) is 14.7. The molecule has 0 aromatic heterocycles. The molecule has 0 amide bonds. The minimum atomic E-state index is -4.41. The van der Waals surface area contributed by atoms with Gasteiger partial charge in [-0.3, -0.25) is 18.6 Å². The van der Waals surface area contributed by atoms with Gasteiger partial charge in [0, 0.05) is 19.4 Å². The van der Waals surface area contributed by atoms with Crippen LogP contribution < -0.4 is 5.73 Å². The summed E-state index contributed by atoms with van der Waals surface area (Å²) >= 11 is 0. The third-order valence-electron chi connectivity index (χ3n) is 9.51. The van der Waals surface area contributed by atoms with E-state index in [0.717, 1.165) is 64.2 Å². The van der Waals surface area contributed by atoms with Gasteiger partial charge in [0.25, 0.3) is 0 Å². The lowest BCUT2D eigenvalue weighted by Gasteiger charge is -2.20. The monoisotopic (exact) mass is 804 g/mol. The number of ether oxygens (including phenoxy) is 2. The largest absolute Gasteiger partial charge is 0.472 e. The summed E-state index contributed by atoms with van der Waals surface area (Å²) in [6.07, 6.45) is 33.7. The first-order valence-corrected chi connectivity index (χ1v) is 23.5. The Morgan fingerprint density at radius 3 is 1.65 bits per heavy atom. The molecule has 0 heterocycles. The fourth-order valence-electron chi connectivity index (χ4n) is 6.06. The van der Waals surface area contributed by atoms with Crippen molar-refractivity contribution in [2.75, 3.05) is 26.4 Å². The zero-order valence-corrected chi connectivity index (χ0v) is 35.8. The fraction of sp³-hybridized carbons (Fsp3) is 0.860.